The van der Waals surface area contributed by atoms with Gasteiger partial charge in [0.15, 0.2) is 0 Å². The lowest BCUT2D eigenvalue weighted by molar-refractivity contribution is -0.00791. The topological polar surface area (TPSA) is 38.5 Å². The fraction of sp³-hybridized carbons (Fsp3) is 0.562. The van der Waals surface area contributed by atoms with Crippen molar-refractivity contribution in [2.24, 2.45) is 5.73 Å². The van der Waals surface area contributed by atoms with Crippen LogP contribution in [0.15, 0.2) is 30.3 Å². The molecule has 0 bridgehead atoms. The Bertz CT molecular complexity index is 418. The zero-order chi connectivity index (χ0) is 14.4. The van der Waals surface area contributed by atoms with Crippen molar-refractivity contribution in [3.63, 3.8) is 0 Å². The third kappa shape index (κ3) is 4.54. The number of hydrogen-bond acceptors (Lipinski definition) is 3. The molecule has 1 saturated heterocycles. The van der Waals surface area contributed by atoms with E-state index in [4.69, 9.17) is 22.7 Å². The predicted molar refractivity (Wildman–Crippen MR) is 86.8 cm³/mol. The number of rotatable bonds is 6. The highest BCUT2D eigenvalue weighted by atomic mass is 32.1. The maximum atomic E-state index is 5.83. The molecule has 1 aromatic carbocycles. The van der Waals surface area contributed by atoms with Crippen LogP contribution in [0.5, 0.6) is 0 Å². The summed E-state index contributed by atoms with van der Waals surface area (Å²) in [5.74, 6) is 0. The van der Waals surface area contributed by atoms with Gasteiger partial charge < -0.3 is 10.5 Å². The summed E-state index contributed by atoms with van der Waals surface area (Å²) < 4.78 is 5.83. The summed E-state index contributed by atoms with van der Waals surface area (Å²) in [6, 6.07) is 10.7. The van der Waals surface area contributed by atoms with Crippen molar-refractivity contribution < 1.29 is 4.74 Å². The molecule has 1 heterocycles. The molecule has 2 N–H and O–H groups in total. The molecule has 2 rings (SSSR count). The van der Waals surface area contributed by atoms with Crippen LogP contribution in [0.25, 0.3) is 0 Å². The van der Waals surface area contributed by atoms with Gasteiger partial charge in [0, 0.05) is 25.6 Å². The van der Waals surface area contributed by atoms with Gasteiger partial charge in [-0.2, -0.15) is 0 Å². The third-order valence-electron chi connectivity index (χ3n) is 3.88. The van der Waals surface area contributed by atoms with Gasteiger partial charge in [0.2, 0.25) is 0 Å². The molecular formula is C16H24N2OS. The normalized spacial score (nSPS) is 20.8. The van der Waals surface area contributed by atoms with Crippen molar-refractivity contribution in [3.8, 4) is 0 Å². The van der Waals surface area contributed by atoms with Crippen LogP contribution in [0.3, 0.4) is 0 Å². The van der Waals surface area contributed by atoms with Crippen LogP contribution < -0.4 is 5.73 Å². The van der Waals surface area contributed by atoms with Crippen LogP contribution in [0.1, 0.15) is 37.3 Å². The molecule has 0 amide bonds. The molecule has 2 unspecified atom stereocenters. The summed E-state index contributed by atoms with van der Waals surface area (Å²) in [6.45, 7) is 1.83. The van der Waals surface area contributed by atoms with Gasteiger partial charge in [0.1, 0.15) is 0 Å². The molecule has 0 aliphatic carbocycles. The molecule has 4 heteroatoms. The van der Waals surface area contributed by atoms with Gasteiger partial charge in [-0.3, -0.25) is 4.90 Å². The van der Waals surface area contributed by atoms with E-state index in [0.29, 0.717) is 17.5 Å². The second-order valence-corrected chi connectivity index (χ2v) is 6.05. The maximum Gasteiger partial charge on any atom is 0.0746 e. The highest BCUT2D eigenvalue weighted by Gasteiger charge is 2.22. The van der Waals surface area contributed by atoms with E-state index in [9.17, 15) is 0 Å². The smallest absolute Gasteiger partial charge is 0.0746 e. The molecule has 0 aromatic heterocycles. The van der Waals surface area contributed by atoms with E-state index in [1.807, 2.05) is 6.07 Å². The van der Waals surface area contributed by atoms with Gasteiger partial charge in [-0.15, -0.1) is 0 Å². The molecule has 3 nitrogen and oxygen atoms in total. The van der Waals surface area contributed by atoms with E-state index >= 15 is 0 Å². The van der Waals surface area contributed by atoms with E-state index in [2.05, 4.69) is 36.2 Å². The van der Waals surface area contributed by atoms with Crippen LogP contribution in [0, 0.1) is 0 Å². The van der Waals surface area contributed by atoms with Crippen LogP contribution in [0.4, 0.5) is 0 Å². The van der Waals surface area contributed by atoms with Gasteiger partial charge in [-0.05, 0) is 31.9 Å². The Morgan fingerprint density at radius 1 is 1.40 bits per heavy atom. The summed E-state index contributed by atoms with van der Waals surface area (Å²) >= 11 is 5.12. The molecule has 110 valence electrons. The average molecular weight is 292 g/mol. The summed E-state index contributed by atoms with van der Waals surface area (Å²) in [4.78, 5) is 2.89. The van der Waals surface area contributed by atoms with Gasteiger partial charge in [-0.1, -0.05) is 42.5 Å². The van der Waals surface area contributed by atoms with Gasteiger partial charge in [-0.25, -0.2) is 0 Å². The Balaban J connectivity index is 2.03. The minimum Gasteiger partial charge on any atom is -0.393 e. The van der Waals surface area contributed by atoms with Crippen molar-refractivity contribution in [1.82, 2.24) is 4.90 Å². The van der Waals surface area contributed by atoms with Crippen molar-refractivity contribution in [1.29, 1.82) is 0 Å². The second kappa shape index (κ2) is 7.72. The monoisotopic (exact) mass is 292 g/mol. The van der Waals surface area contributed by atoms with Gasteiger partial charge >= 0.3 is 0 Å². The molecule has 1 aliphatic heterocycles. The fourth-order valence-corrected chi connectivity index (χ4v) is 2.95. The first-order chi connectivity index (χ1) is 9.66. The van der Waals surface area contributed by atoms with Crippen LogP contribution in [-0.4, -0.2) is 36.2 Å². The van der Waals surface area contributed by atoms with E-state index in [0.717, 1.165) is 19.6 Å². The molecular weight excluding hydrogens is 268 g/mol. The largest absolute Gasteiger partial charge is 0.393 e. The van der Waals surface area contributed by atoms with Crippen LogP contribution >= 0.6 is 12.2 Å². The summed E-state index contributed by atoms with van der Waals surface area (Å²) in [6.07, 6.45) is 4.66. The SMILES string of the molecule is CN(CC1CCCCO1)C(CC(N)=S)c1ccccc1. The van der Waals surface area contributed by atoms with Gasteiger partial charge in [0.25, 0.3) is 0 Å². The minimum absolute atomic E-state index is 0.235. The Morgan fingerprint density at radius 2 is 2.15 bits per heavy atom. The summed E-state index contributed by atoms with van der Waals surface area (Å²) in [7, 11) is 2.13. The molecule has 2 atom stereocenters. The van der Waals surface area contributed by atoms with E-state index in [1.54, 1.807) is 0 Å². The Kier molecular flexibility index (Phi) is 5.95. The highest BCUT2D eigenvalue weighted by Crippen LogP contribution is 2.25. The minimum atomic E-state index is 0.235. The summed E-state index contributed by atoms with van der Waals surface area (Å²) in [5, 5.41) is 0. The molecule has 0 spiro atoms. The fourth-order valence-electron chi connectivity index (χ4n) is 2.79. The van der Waals surface area contributed by atoms with Crippen molar-refractivity contribution in [2.75, 3.05) is 20.2 Å². The first-order valence-corrected chi connectivity index (χ1v) is 7.72. The first kappa shape index (κ1) is 15.4. The number of nitrogens with two attached hydrogens (primary N) is 1. The standard InChI is InChI=1S/C16H24N2OS/c1-18(12-14-9-5-6-10-19-14)15(11-16(17)20)13-7-3-2-4-8-13/h2-4,7-8,14-15H,5-6,9-12H2,1H3,(H2,17,20). The van der Waals surface area contributed by atoms with Crippen LogP contribution in [-0.2, 0) is 4.74 Å². The lowest BCUT2D eigenvalue weighted by Gasteiger charge is -2.33. The molecule has 0 radical (unpaired) electrons. The van der Waals surface area contributed by atoms with E-state index in [-0.39, 0.29) is 6.04 Å². The highest BCUT2D eigenvalue weighted by molar-refractivity contribution is 7.80. The first-order valence-electron chi connectivity index (χ1n) is 7.32. The predicted octanol–water partition coefficient (Wildman–Crippen LogP) is 2.90. The third-order valence-corrected chi connectivity index (χ3v) is 4.04. The van der Waals surface area contributed by atoms with Crippen molar-refractivity contribution >= 4 is 17.2 Å². The molecule has 1 aliphatic rings. The van der Waals surface area contributed by atoms with Gasteiger partial charge in [0.05, 0.1) is 11.1 Å². The lowest BCUT2D eigenvalue weighted by atomic mass is 10.0. The van der Waals surface area contributed by atoms with Crippen molar-refractivity contribution in [2.45, 2.75) is 37.8 Å². The number of nitrogens with zero attached hydrogens (tertiary/aromatic N) is 1. The Morgan fingerprint density at radius 3 is 2.75 bits per heavy atom. The van der Waals surface area contributed by atoms with E-state index < -0.39 is 0 Å². The van der Waals surface area contributed by atoms with Crippen molar-refractivity contribution in [3.05, 3.63) is 35.9 Å². The molecule has 20 heavy (non-hydrogen) atoms. The summed E-state index contributed by atoms with van der Waals surface area (Å²) in [5.41, 5.74) is 7.04. The maximum absolute atomic E-state index is 5.83. The lowest BCUT2D eigenvalue weighted by Crippen LogP contribution is -2.37. The Labute approximate surface area is 127 Å². The number of hydrogen-bond donors (Lipinski definition) is 1. The molecule has 1 fully saturated rings. The second-order valence-electron chi connectivity index (χ2n) is 5.53. The average Bonchev–Trinajstić information content (AvgIpc) is 2.46. The quantitative estimate of drug-likeness (QED) is 0.818. The number of likely N-dealkylation sites (N-methyl/N-ethyl adjacent to an activating group) is 1. The van der Waals surface area contributed by atoms with E-state index in [1.165, 1.54) is 18.4 Å². The molecule has 1 aromatic rings. The Hall–Kier alpha value is -0.970. The molecule has 0 saturated carbocycles. The number of benzene rings is 1. The zero-order valence-electron chi connectivity index (χ0n) is 12.1. The zero-order valence-corrected chi connectivity index (χ0v) is 12.9. The van der Waals surface area contributed by atoms with Crippen LogP contribution in [0.2, 0.25) is 0 Å². The number of ether oxygens (including phenoxy) is 1. The number of thiocarbonyl (C=S) groups is 1.